The van der Waals surface area contributed by atoms with Gasteiger partial charge in [-0.1, -0.05) is 24.3 Å². The van der Waals surface area contributed by atoms with E-state index < -0.39 is 23.9 Å². The maximum Gasteiger partial charge on any atom is 0.573 e. The maximum absolute atomic E-state index is 13.6. The van der Waals surface area contributed by atoms with E-state index in [1.54, 1.807) is 0 Å². The van der Waals surface area contributed by atoms with E-state index in [0.29, 0.717) is 0 Å². The van der Waals surface area contributed by atoms with Gasteiger partial charge >= 0.3 is 12.3 Å². The molecule has 0 aliphatic rings. The number of rotatable bonds is 3. The predicted octanol–water partition coefficient (Wildman–Crippen LogP) is 4.18. The Balaban J connectivity index is 2.51. The van der Waals surface area contributed by atoms with Crippen LogP contribution in [0.2, 0.25) is 0 Å². The normalized spacial score (nSPS) is 11.1. The smallest absolute Gasteiger partial charge is 0.465 e. The molecular formula is C15H10F4O3. The zero-order valence-corrected chi connectivity index (χ0v) is 11.3. The van der Waals surface area contributed by atoms with Gasteiger partial charge in [-0.2, -0.15) is 0 Å². The van der Waals surface area contributed by atoms with E-state index in [9.17, 15) is 22.4 Å². The number of halogens is 4. The molecule has 0 amide bonds. The van der Waals surface area contributed by atoms with Crippen LogP contribution >= 0.6 is 0 Å². The molecule has 0 fully saturated rings. The Labute approximate surface area is 123 Å². The second kappa shape index (κ2) is 6.05. The molecule has 0 saturated heterocycles. The van der Waals surface area contributed by atoms with E-state index in [0.717, 1.165) is 25.3 Å². The van der Waals surface area contributed by atoms with Crippen LogP contribution in [-0.4, -0.2) is 19.4 Å². The van der Waals surface area contributed by atoms with Crippen molar-refractivity contribution < 1.29 is 31.8 Å². The Morgan fingerprint density at radius 2 is 1.77 bits per heavy atom. The van der Waals surface area contributed by atoms with Crippen molar-refractivity contribution >= 4 is 5.97 Å². The molecule has 2 aromatic carbocycles. The van der Waals surface area contributed by atoms with E-state index in [1.165, 1.54) is 24.3 Å². The Hall–Kier alpha value is -2.57. The maximum atomic E-state index is 13.6. The van der Waals surface area contributed by atoms with Crippen LogP contribution in [0, 0.1) is 5.82 Å². The zero-order valence-electron chi connectivity index (χ0n) is 11.3. The van der Waals surface area contributed by atoms with Gasteiger partial charge in [0.2, 0.25) is 0 Å². The number of benzene rings is 2. The summed E-state index contributed by atoms with van der Waals surface area (Å²) in [5.41, 5.74) is -0.103. The number of ether oxygens (including phenoxy) is 2. The molecule has 7 heteroatoms. The average molecular weight is 314 g/mol. The number of hydrogen-bond donors (Lipinski definition) is 0. The van der Waals surface area contributed by atoms with Gasteiger partial charge in [-0.3, -0.25) is 0 Å². The fourth-order valence-electron chi connectivity index (χ4n) is 1.88. The van der Waals surface area contributed by atoms with E-state index in [1.807, 2.05) is 0 Å². The van der Waals surface area contributed by atoms with Crippen molar-refractivity contribution in [3.63, 3.8) is 0 Å². The SMILES string of the molecule is COC(=O)c1cc(-c2ccccc2OC(F)(F)F)ccc1F. The van der Waals surface area contributed by atoms with Crippen molar-refractivity contribution in [3.05, 3.63) is 53.8 Å². The van der Waals surface area contributed by atoms with Crippen molar-refractivity contribution in [2.45, 2.75) is 6.36 Å². The van der Waals surface area contributed by atoms with Crippen molar-refractivity contribution in [2.24, 2.45) is 0 Å². The van der Waals surface area contributed by atoms with E-state index >= 15 is 0 Å². The van der Waals surface area contributed by atoms with Crippen molar-refractivity contribution in [1.29, 1.82) is 0 Å². The first-order valence-electron chi connectivity index (χ1n) is 6.05. The number of methoxy groups -OCH3 is 1. The van der Waals surface area contributed by atoms with Crippen molar-refractivity contribution in [3.8, 4) is 16.9 Å². The quantitative estimate of drug-likeness (QED) is 0.630. The van der Waals surface area contributed by atoms with E-state index in [4.69, 9.17) is 0 Å². The van der Waals surface area contributed by atoms with Crippen molar-refractivity contribution in [1.82, 2.24) is 0 Å². The number of hydrogen-bond acceptors (Lipinski definition) is 3. The van der Waals surface area contributed by atoms with Gasteiger partial charge in [0.15, 0.2) is 0 Å². The number of alkyl halides is 3. The Morgan fingerprint density at radius 3 is 2.41 bits per heavy atom. The van der Waals surface area contributed by atoms with Gasteiger partial charge in [-0.25, -0.2) is 9.18 Å². The van der Waals surface area contributed by atoms with Crippen LogP contribution in [0.1, 0.15) is 10.4 Å². The summed E-state index contributed by atoms with van der Waals surface area (Å²) in [7, 11) is 1.08. The zero-order chi connectivity index (χ0) is 16.3. The molecule has 0 aliphatic heterocycles. The minimum Gasteiger partial charge on any atom is -0.465 e. The van der Waals surface area contributed by atoms with Crippen LogP contribution in [0.25, 0.3) is 11.1 Å². The molecule has 3 nitrogen and oxygen atoms in total. The monoisotopic (exact) mass is 314 g/mol. The minimum atomic E-state index is -4.86. The lowest BCUT2D eigenvalue weighted by Gasteiger charge is -2.13. The Bertz CT molecular complexity index is 695. The lowest BCUT2D eigenvalue weighted by molar-refractivity contribution is -0.274. The van der Waals surface area contributed by atoms with Crippen LogP contribution in [0.15, 0.2) is 42.5 Å². The summed E-state index contributed by atoms with van der Waals surface area (Å²) >= 11 is 0. The first kappa shape index (κ1) is 15.8. The summed E-state index contributed by atoms with van der Waals surface area (Å²) in [5, 5.41) is 0. The van der Waals surface area contributed by atoms with Gasteiger partial charge in [0.25, 0.3) is 0 Å². The molecule has 0 radical (unpaired) electrons. The van der Waals surface area contributed by atoms with Gasteiger partial charge in [-0.15, -0.1) is 13.2 Å². The number of carbonyl (C=O) groups excluding carboxylic acids is 1. The molecule has 0 spiro atoms. The molecule has 0 aromatic heterocycles. The third-order valence-electron chi connectivity index (χ3n) is 2.80. The molecule has 22 heavy (non-hydrogen) atoms. The van der Waals surface area contributed by atoms with Crippen LogP contribution in [-0.2, 0) is 4.74 Å². The summed E-state index contributed by atoms with van der Waals surface area (Å²) < 4.78 is 59.2. The molecule has 116 valence electrons. The molecular weight excluding hydrogens is 304 g/mol. The summed E-state index contributed by atoms with van der Waals surface area (Å²) in [4.78, 5) is 11.5. The third kappa shape index (κ3) is 3.55. The second-order valence-electron chi connectivity index (χ2n) is 4.23. The molecule has 0 atom stereocenters. The summed E-state index contributed by atoms with van der Waals surface area (Å²) in [6.45, 7) is 0. The highest BCUT2D eigenvalue weighted by molar-refractivity contribution is 5.91. The second-order valence-corrected chi connectivity index (χ2v) is 4.23. The first-order valence-corrected chi connectivity index (χ1v) is 6.05. The molecule has 0 bridgehead atoms. The van der Waals surface area contributed by atoms with Crippen LogP contribution in [0.4, 0.5) is 17.6 Å². The molecule has 2 aromatic rings. The summed E-state index contributed by atoms with van der Waals surface area (Å²) in [6.07, 6.45) is -4.86. The van der Waals surface area contributed by atoms with Gasteiger partial charge < -0.3 is 9.47 Å². The number of esters is 1. The minimum absolute atomic E-state index is 0.0741. The highest BCUT2D eigenvalue weighted by atomic mass is 19.4. The van der Waals surface area contributed by atoms with Crippen LogP contribution < -0.4 is 4.74 Å². The van der Waals surface area contributed by atoms with Gasteiger partial charge in [0, 0.05) is 5.56 Å². The molecule has 0 unspecified atom stereocenters. The standard InChI is InChI=1S/C15H10F4O3/c1-21-14(20)11-8-9(6-7-12(11)16)10-4-2-3-5-13(10)22-15(17,18)19/h2-8H,1H3. The molecule has 0 N–H and O–H groups in total. The van der Waals surface area contributed by atoms with Gasteiger partial charge in [0.1, 0.15) is 11.6 Å². The average Bonchev–Trinajstić information content (AvgIpc) is 2.46. The third-order valence-corrected chi connectivity index (χ3v) is 2.80. The Kier molecular flexibility index (Phi) is 4.35. The topological polar surface area (TPSA) is 35.5 Å². The first-order chi connectivity index (χ1) is 10.3. The van der Waals surface area contributed by atoms with Crippen LogP contribution in [0.3, 0.4) is 0 Å². The predicted molar refractivity (Wildman–Crippen MR) is 69.9 cm³/mol. The van der Waals surface area contributed by atoms with Crippen LogP contribution in [0.5, 0.6) is 5.75 Å². The van der Waals surface area contributed by atoms with Gasteiger partial charge in [0.05, 0.1) is 12.7 Å². The summed E-state index contributed by atoms with van der Waals surface area (Å²) in [6, 6.07) is 8.71. The largest absolute Gasteiger partial charge is 0.573 e. The van der Waals surface area contributed by atoms with E-state index in [2.05, 4.69) is 9.47 Å². The molecule has 0 aliphatic carbocycles. The Morgan fingerprint density at radius 1 is 1.09 bits per heavy atom. The van der Waals surface area contributed by atoms with Crippen molar-refractivity contribution in [2.75, 3.05) is 7.11 Å². The highest BCUT2D eigenvalue weighted by Crippen LogP contribution is 2.34. The molecule has 0 heterocycles. The summed E-state index contributed by atoms with van der Waals surface area (Å²) in [5.74, 6) is -2.20. The number of para-hydroxylation sites is 1. The lowest BCUT2D eigenvalue weighted by atomic mass is 10.0. The van der Waals surface area contributed by atoms with Gasteiger partial charge in [-0.05, 0) is 23.8 Å². The van der Waals surface area contributed by atoms with E-state index in [-0.39, 0.29) is 16.7 Å². The molecule has 0 saturated carbocycles. The lowest BCUT2D eigenvalue weighted by Crippen LogP contribution is -2.17. The fourth-order valence-corrected chi connectivity index (χ4v) is 1.88. The highest BCUT2D eigenvalue weighted by Gasteiger charge is 2.32. The number of carbonyl (C=O) groups is 1. The molecule has 2 rings (SSSR count). The fraction of sp³-hybridized carbons (Fsp3) is 0.133.